The van der Waals surface area contributed by atoms with Crippen LogP contribution < -0.4 is 10.6 Å². The van der Waals surface area contributed by atoms with Gasteiger partial charge in [-0.3, -0.25) is 14.5 Å². The van der Waals surface area contributed by atoms with Gasteiger partial charge in [0.15, 0.2) is 0 Å². The fourth-order valence-corrected chi connectivity index (χ4v) is 6.14. The lowest BCUT2D eigenvalue weighted by molar-refractivity contribution is -0.127. The van der Waals surface area contributed by atoms with Crippen LogP contribution >= 0.6 is 11.8 Å². The van der Waals surface area contributed by atoms with Gasteiger partial charge in [0.05, 0.1) is 18.3 Å². The molecule has 2 unspecified atom stereocenters. The molecule has 2 saturated heterocycles. The van der Waals surface area contributed by atoms with Gasteiger partial charge in [-0.2, -0.15) is 14.0 Å². The molecule has 36 heavy (non-hydrogen) atoms. The van der Waals surface area contributed by atoms with E-state index in [1.54, 1.807) is 24.0 Å². The van der Waals surface area contributed by atoms with Crippen LogP contribution in [0.5, 0.6) is 0 Å². The van der Waals surface area contributed by atoms with Gasteiger partial charge < -0.3 is 15.5 Å². The van der Waals surface area contributed by atoms with Gasteiger partial charge in [-0.15, -0.1) is 6.42 Å². The Bertz CT molecular complexity index is 1140. The van der Waals surface area contributed by atoms with Gasteiger partial charge in [-0.25, -0.2) is 4.98 Å². The van der Waals surface area contributed by atoms with E-state index in [1.807, 2.05) is 6.07 Å². The predicted octanol–water partition coefficient (Wildman–Crippen LogP) is 2.52. The Morgan fingerprint density at radius 2 is 2.11 bits per heavy atom. The topological polar surface area (TPSA) is 101 Å². The number of halogens is 2. The van der Waals surface area contributed by atoms with Crippen LogP contribution in [0, 0.1) is 29.6 Å². The second-order valence-electron chi connectivity index (χ2n) is 9.05. The molecule has 1 aromatic heterocycles. The Kier molecular flexibility index (Phi) is 7.82. The number of alkyl halides is 2. The zero-order valence-corrected chi connectivity index (χ0v) is 20.8. The van der Waals surface area contributed by atoms with Gasteiger partial charge in [0.2, 0.25) is 5.91 Å². The van der Waals surface area contributed by atoms with Crippen LogP contribution in [0.4, 0.5) is 14.6 Å². The minimum Gasteiger partial charge on any atom is -0.367 e. The first-order chi connectivity index (χ1) is 17.3. The van der Waals surface area contributed by atoms with Crippen molar-refractivity contribution in [1.29, 1.82) is 5.26 Å². The molecule has 0 bridgehead atoms. The molecule has 3 fully saturated rings. The first kappa shape index (κ1) is 25.9. The van der Waals surface area contributed by atoms with Crippen LogP contribution in [0.15, 0.2) is 28.8 Å². The minimum absolute atomic E-state index is 0.0246. The molecular weight excluding hydrogens is 486 g/mol. The molecule has 11 heteroatoms. The van der Waals surface area contributed by atoms with Gasteiger partial charge in [-0.05, 0) is 51.4 Å². The molecule has 8 nitrogen and oxygen atoms in total. The molecule has 190 valence electrons. The smallest absolute Gasteiger partial charge is 0.302 e. The fourth-order valence-electron chi connectivity index (χ4n) is 4.59. The van der Waals surface area contributed by atoms with E-state index in [4.69, 9.17) is 6.42 Å². The number of pyridine rings is 1. The average Bonchev–Trinajstić information content (AvgIpc) is 3.26. The summed E-state index contributed by atoms with van der Waals surface area (Å²) in [5, 5.41) is 15.1. The van der Waals surface area contributed by atoms with E-state index in [9.17, 15) is 23.6 Å². The number of aromatic nitrogens is 1. The third-order valence-electron chi connectivity index (χ3n) is 6.52. The monoisotopic (exact) mass is 514 g/mol. The lowest BCUT2D eigenvalue weighted by Crippen LogP contribution is -2.34. The van der Waals surface area contributed by atoms with Gasteiger partial charge in [0.25, 0.3) is 5.91 Å². The van der Waals surface area contributed by atoms with Crippen molar-refractivity contribution in [3.8, 4) is 18.4 Å². The molecule has 0 aromatic carbocycles. The highest BCUT2D eigenvalue weighted by atomic mass is 32.2. The van der Waals surface area contributed by atoms with Crippen LogP contribution in [0.2, 0.25) is 0 Å². The number of amides is 2. The average molecular weight is 515 g/mol. The molecule has 1 saturated carbocycles. The Morgan fingerprint density at radius 3 is 2.78 bits per heavy atom. The fraction of sp³-hybridized carbons (Fsp3) is 0.520. The van der Waals surface area contributed by atoms with E-state index in [0.717, 1.165) is 12.8 Å². The Labute approximate surface area is 213 Å². The van der Waals surface area contributed by atoms with Crippen molar-refractivity contribution in [1.82, 2.24) is 20.1 Å². The summed E-state index contributed by atoms with van der Waals surface area (Å²) in [6, 6.07) is 6.31. The Balaban J connectivity index is 1.43. The number of likely N-dealkylation sites (tertiary alicyclic amines) is 1. The molecule has 2 aliphatic heterocycles. The van der Waals surface area contributed by atoms with Gasteiger partial charge in [-0.1, -0.05) is 23.7 Å². The molecule has 2 amide bonds. The second-order valence-corrected chi connectivity index (χ2v) is 10.2. The molecule has 2 N–H and O–H groups in total. The first-order valence-electron chi connectivity index (χ1n) is 12.0. The number of nitrogens with one attached hydrogen (secondary N) is 2. The highest BCUT2D eigenvalue weighted by Gasteiger charge is 2.52. The molecule has 3 aliphatic rings. The number of anilines is 1. The lowest BCUT2D eigenvalue weighted by Gasteiger charge is -2.23. The van der Waals surface area contributed by atoms with Crippen molar-refractivity contribution >= 4 is 29.4 Å². The zero-order chi connectivity index (χ0) is 25.9. The number of hydrogen-bond acceptors (Lipinski definition) is 7. The summed E-state index contributed by atoms with van der Waals surface area (Å²) in [6.07, 6.45) is 7.69. The van der Waals surface area contributed by atoms with Crippen molar-refractivity contribution in [2.45, 2.75) is 43.4 Å². The molecule has 1 aromatic rings. The summed E-state index contributed by atoms with van der Waals surface area (Å²) in [4.78, 5) is 32.8. The van der Waals surface area contributed by atoms with E-state index >= 15 is 0 Å². The highest BCUT2D eigenvalue weighted by molar-refractivity contribution is 8.04. The van der Waals surface area contributed by atoms with Gasteiger partial charge in [0.1, 0.15) is 28.2 Å². The molecular formula is C25H28F2N6O2S. The standard InChI is InChI=1S/C25H28F2N6O2S/c1-3-10-29-22(34)17(14-28)24-33(4-2)23(35)21(36-24)16-13-18(16)30-20-9-7-8-19(31-20)25(26,27)15-32-11-5-6-12-32/h1,7-9,16,18,21H,4-6,10-13,15H2,2H3,(H,29,34)(H,30,31)/b24-17-/t16-,18?,21?/m1/s1. The van der Waals surface area contributed by atoms with Crippen molar-refractivity contribution in [2.75, 3.05) is 38.0 Å². The van der Waals surface area contributed by atoms with Crippen molar-refractivity contribution in [3.05, 3.63) is 34.5 Å². The summed E-state index contributed by atoms with van der Waals surface area (Å²) >= 11 is 1.19. The quantitative estimate of drug-likeness (QED) is 0.297. The number of terminal acetylenes is 1. The zero-order valence-electron chi connectivity index (χ0n) is 20.0. The molecule has 4 rings (SSSR count). The van der Waals surface area contributed by atoms with Crippen LogP contribution in [-0.4, -0.2) is 70.6 Å². The highest BCUT2D eigenvalue weighted by Crippen LogP contribution is 2.49. The predicted molar refractivity (Wildman–Crippen MR) is 133 cm³/mol. The number of thioether (sulfide) groups is 1. The molecule has 0 radical (unpaired) electrons. The number of nitrogens with zero attached hydrogens (tertiary/aromatic N) is 4. The number of nitriles is 1. The maximum absolute atomic E-state index is 14.8. The number of hydrogen-bond donors (Lipinski definition) is 2. The normalized spacial score (nSPS) is 25.3. The minimum atomic E-state index is -3.06. The second kappa shape index (κ2) is 10.9. The third kappa shape index (κ3) is 5.48. The van der Waals surface area contributed by atoms with Crippen LogP contribution in [0.25, 0.3) is 0 Å². The van der Waals surface area contributed by atoms with E-state index in [1.165, 1.54) is 22.7 Å². The van der Waals surface area contributed by atoms with Gasteiger partial charge in [0, 0.05) is 18.5 Å². The van der Waals surface area contributed by atoms with Gasteiger partial charge >= 0.3 is 5.92 Å². The number of rotatable bonds is 9. The largest absolute Gasteiger partial charge is 0.367 e. The Hall–Kier alpha value is -3.15. The summed E-state index contributed by atoms with van der Waals surface area (Å²) < 4.78 is 29.7. The van der Waals surface area contributed by atoms with E-state index in [0.29, 0.717) is 36.9 Å². The van der Waals surface area contributed by atoms with E-state index in [-0.39, 0.29) is 42.2 Å². The van der Waals surface area contributed by atoms with Crippen LogP contribution in [0.1, 0.15) is 31.9 Å². The molecule has 3 atom stereocenters. The maximum atomic E-state index is 14.8. The SMILES string of the molecule is C#CCNC(=O)/C(C#N)=C1\SC([C@@H]2CC2Nc2cccc(C(F)(F)CN3CCCC3)n2)C(=O)N1CC. The van der Waals surface area contributed by atoms with Crippen molar-refractivity contribution in [2.24, 2.45) is 5.92 Å². The summed E-state index contributed by atoms with van der Waals surface area (Å²) in [7, 11) is 0. The van der Waals surface area contributed by atoms with E-state index in [2.05, 4.69) is 21.5 Å². The molecule has 0 spiro atoms. The summed E-state index contributed by atoms with van der Waals surface area (Å²) in [5.74, 6) is -1.32. The van der Waals surface area contributed by atoms with Crippen molar-refractivity contribution < 1.29 is 18.4 Å². The molecule has 1 aliphatic carbocycles. The summed E-state index contributed by atoms with van der Waals surface area (Å²) in [6.45, 7) is 3.06. The van der Waals surface area contributed by atoms with E-state index < -0.39 is 17.1 Å². The van der Waals surface area contributed by atoms with Crippen LogP contribution in [0.3, 0.4) is 0 Å². The number of carbonyl (C=O) groups is 2. The molecule has 3 heterocycles. The summed E-state index contributed by atoms with van der Waals surface area (Å²) in [5.41, 5.74) is -0.422. The third-order valence-corrected chi connectivity index (χ3v) is 7.97. The first-order valence-corrected chi connectivity index (χ1v) is 12.8. The maximum Gasteiger partial charge on any atom is 0.302 e. The van der Waals surface area contributed by atoms with Crippen molar-refractivity contribution in [3.63, 3.8) is 0 Å². The lowest BCUT2D eigenvalue weighted by atomic mass is 10.2. The Morgan fingerprint density at radius 1 is 1.36 bits per heavy atom. The number of carbonyl (C=O) groups excluding carboxylic acids is 2. The van der Waals surface area contributed by atoms with Crippen LogP contribution in [-0.2, 0) is 15.5 Å².